The predicted octanol–water partition coefficient (Wildman–Crippen LogP) is 1.51. The Labute approximate surface area is 249 Å². The Morgan fingerprint density at radius 1 is 1.10 bits per heavy atom. The minimum atomic E-state index is -1.44. The number of aliphatic hydroxyl groups excluding tert-OH is 1. The molecule has 0 fully saturated rings. The number of aliphatic hydroxyl groups is 1. The van der Waals surface area contributed by atoms with Gasteiger partial charge in [0.1, 0.15) is 5.65 Å². The van der Waals surface area contributed by atoms with Gasteiger partial charge in [0.2, 0.25) is 11.4 Å². The van der Waals surface area contributed by atoms with Crippen molar-refractivity contribution in [3.05, 3.63) is 59.5 Å². The Morgan fingerprint density at radius 2 is 1.90 bits per heavy atom. The van der Waals surface area contributed by atoms with E-state index in [9.17, 15) is 9.90 Å². The van der Waals surface area contributed by atoms with E-state index in [4.69, 9.17) is 33.4 Å². The molecule has 0 aliphatic carbocycles. The highest BCUT2D eigenvalue weighted by Gasteiger charge is 2.34. The Kier molecular flexibility index (Phi) is 11.4. The third-order valence-corrected chi connectivity index (χ3v) is 7.25. The number of pyridine rings is 1. The van der Waals surface area contributed by atoms with E-state index in [1.165, 1.54) is 40.7 Å². The van der Waals surface area contributed by atoms with Gasteiger partial charge in [-0.15, -0.1) is 12.6 Å². The molecule has 41 heavy (non-hydrogen) atoms. The molecule has 0 aromatic carbocycles. The second-order valence-corrected chi connectivity index (χ2v) is 9.96. The molecule has 0 spiro atoms. The molecule has 0 aliphatic rings. The first kappa shape index (κ1) is 31.7. The number of rotatable bonds is 16. The van der Waals surface area contributed by atoms with Gasteiger partial charge in [0.15, 0.2) is 18.6 Å². The number of aromatic nitrogens is 5. The fourth-order valence-electron chi connectivity index (χ4n) is 4.48. The van der Waals surface area contributed by atoms with Crippen LogP contribution in [-0.4, -0.2) is 80.2 Å². The fourth-order valence-corrected chi connectivity index (χ4v) is 5.10. The largest absolute Gasteiger partial charge is 0.398 e. The molecule has 224 valence electrons. The monoisotopic (exact) mass is 628 g/mol. The molecule has 4 aromatic heterocycles. The van der Waals surface area contributed by atoms with Crippen molar-refractivity contribution in [1.82, 2.24) is 23.5 Å². The summed E-state index contributed by atoms with van der Waals surface area (Å²) in [6.45, 7) is 0.881. The summed E-state index contributed by atoms with van der Waals surface area (Å²) < 4.78 is 37.9. The first-order valence-corrected chi connectivity index (χ1v) is 13.7. The lowest BCUT2D eigenvalue weighted by molar-refractivity contribution is -0.255. The van der Waals surface area contributed by atoms with E-state index in [-0.39, 0.29) is 36.6 Å². The molecule has 17 heteroatoms. The highest BCUT2D eigenvalue weighted by Crippen LogP contribution is 2.25. The van der Waals surface area contributed by atoms with Crippen LogP contribution in [0.2, 0.25) is 0 Å². The number of hydrogen-bond donors (Lipinski definition) is 4. The van der Waals surface area contributed by atoms with Crippen LogP contribution in [0.4, 0.5) is 5.69 Å². The van der Waals surface area contributed by atoms with Gasteiger partial charge in [-0.25, -0.2) is 9.97 Å². The number of nitrogen functional groups attached to an aromatic ring is 1. The van der Waals surface area contributed by atoms with Crippen molar-refractivity contribution < 1.29 is 32.8 Å². The van der Waals surface area contributed by atoms with Gasteiger partial charge in [-0.05, 0) is 25.0 Å². The molecule has 4 rings (SSSR count). The van der Waals surface area contributed by atoms with Crippen molar-refractivity contribution in [3.63, 3.8) is 0 Å². The normalized spacial score (nSPS) is 16.5. The predicted molar refractivity (Wildman–Crippen MR) is 159 cm³/mol. The molecule has 0 amide bonds. The third-order valence-electron chi connectivity index (χ3n) is 6.57. The Hall–Kier alpha value is -2.24. The molecule has 0 radical (unpaired) electrons. The summed E-state index contributed by atoms with van der Waals surface area (Å²) >= 11 is 8.32. The van der Waals surface area contributed by atoms with Crippen LogP contribution in [-0.2, 0) is 34.2 Å². The van der Waals surface area contributed by atoms with E-state index in [1.807, 2.05) is 16.8 Å². The van der Waals surface area contributed by atoms with Crippen LogP contribution in [0.25, 0.3) is 16.8 Å². The summed E-state index contributed by atoms with van der Waals surface area (Å²) in [6.07, 6.45) is 3.71. The molecule has 0 saturated heterocycles. The number of anilines is 1. The maximum Gasteiger partial charge on any atom is 0.258 e. The number of hydrogen-bond acceptors (Lipinski definition) is 13. The number of nitrogens with zero attached hydrogens (tertiary/aromatic N) is 5. The van der Waals surface area contributed by atoms with E-state index < -0.39 is 24.2 Å². The van der Waals surface area contributed by atoms with Gasteiger partial charge < -0.3 is 38.9 Å². The van der Waals surface area contributed by atoms with Crippen LogP contribution in [0.3, 0.4) is 0 Å². The highest BCUT2D eigenvalue weighted by molar-refractivity contribution is 7.80. The molecule has 4 aromatic rings. The average molecular weight is 629 g/mol. The second-order valence-electron chi connectivity index (χ2n) is 9.00. The van der Waals surface area contributed by atoms with Gasteiger partial charge in [0.25, 0.3) is 5.56 Å². The third kappa shape index (κ3) is 7.22. The quantitative estimate of drug-likeness (QED) is 0.0617. The minimum absolute atomic E-state index is 0.135. The summed E-state index contributed by atoms with van der Waals surface area (Å²) in [5.74, 6) is -0.00498. The van der Waals surface area contributed by atoms with Gasteiger partial charge in [-0.2, -0.15) is 0 Å². The molecule has 0 bridgehead atoms. The molecule has 0 aliphatic heterocycles. The summed E-state index contributed by atoms with van der Waals surface area (Å²) in [5, 5.41) is 11.9. The molecule has 14 nitrogen and oxygen atoms in total. The minimum Gasteiger partial charge on any atom is -0.398 e. The van der Waals surface area contributed by atoms with Gasteiger partial charge in [0.05, 0.1) is 19.3 Å². The first-order valence-electron chi connectivity index (χ1n) is 12.4. The van der Waals surface area contributed by atoms with Crippen LogP contribution < -0.4 is 11.3 Å². The lowest BCUT2D eigenvalue weighted by Gasteiger charge is -2.31. The van der Waals surface area contributed by atoms with Gasteiger partial charge in [-0.3, -0.25) is 17.9 Å². The van der Waals surface area contributed by atoms with E-state index in [0.29, 0.717) is 12.2 Å². The van der Waals surface area contributed by atoms with Gasteiger partial charge in [-0.1, -0.05) is 0 Å². The summed E-state index contributed by atoms with van der Waals surface area (Å²) in [6, 6.07) is 4.95. The molecular formula is C24H33N6O8PS2. The van der Waals surface area contributed by atoms with Crippen molar-refractivity contribution in [3.8, 4) is 0 Å². The Morgan fingerprint density at radius 3 is 2.61 bits per heavy atom. The standard InChI is InChI=1S/C24H33N6O8PS2/c1-33-17(13-36-39)14(11-28-8-4-15-16(25)3-6-26-20(15)28)12-35-24(40)37-22(34-2)19(32)21(38-41)30-9-5-18(31)29-10-7-27-23(29)30/h3-10,14,17,19,21-22,24,32,40-41H,11-13,39H2,1-2H3,(H2,25,26)/t14-,17-,19+,21-,22?,24?/m1/s1. The zero-order valence-corrected chi connectivity index (χ0v) is 25.2. The summed E-state index contributed by atoms with van der Waals surface area (Å²) in [5.41, 5.74) is 6.03. The van der Waals surface area contributed by atoms with Gasteiger partial charge >= 0.3 is 0 Å². The van der Waals surface area contributed by atoms with Crippen LogP contribution in [0, 0.1) is 5.92 Å². The van der Waals surface area contributed by atoms with E-state index in [0.717, 1.165) is 11.0 Å². The van der Waals surface area contributed by atoms with E-state index >= 15 is 0 Å². The first-order chi connectivity index (χ1) is 19.8. The van der Waals surface area contributed by atoms with Crippen LogP contribution in [0.5, 0.6) is 0 Å². The fraction of sp³-hybridized carbons (Fsp3) is 0.458. The molecular weight excluding hydrogens is 595 g/mol. The number of ether oxygens (including phenoxy) is 4. The zero-order chi connectivity index (χ0) is 29.5. The number of methoxy groups -OCH3 is 2. The van der Waals surface area contributed by atoms with Crippen LogP contribution in [0.15, 0.2) is 54.0 Å². The topological polar surface area (TPSA) is 159 Å². The van der Waals surface area contributed by atoms with Crippen molar-refractivity contribution in [2.75, 3.05) is 33.2 Å². The Balaban J connectivity index is 1.46. The Bertz CT molecular complexity index is 1470. The molecule has 3 unspecified atom stereocenters. The summed E-state index contributed by atoms with van der Waals surface area (Å²) in [7, 11) is 5.14. The van der Waals surface area contributed by atoms with Crippen LogP contribution >= 0.6 is 35.0 Å². The average Bonchev–Trinajstić information content (AvgIpc) is 3.63. The molecule has 4 heterocycles. The maximum absolute atomic E-state index is 12.1. The smallest absolute Gasteiger partial charge is 0.258 e. The van der Waals surface area contributed by atoms with Crippen molar-refractivity contribution >= 4 is 57.5 Å². The molecule has 3 N–H and O–H groups in total. The number of nitrogens with two attached hydrogens (primary N) is 1. The lowest BCUT2D eigenvalue weighted by Crippen LogP contribution is -2.41. The van der Waals surface area contributed by atoms with Gasteiger partial charge in [0, 0.05) is 84.3 Å². The molecule has 7 atom stereocenters. The molecule has 0 saturated carbocycles. The van der Waals surface area contributed by atoms with E-state index in [2.05, 4.69) is 45.0 Å². The summed E-state index contributed by atoms with van der Waals surface area (Å²) in [4.78, 5) is 20.7. The number of thiol groups is 2. The zero-order valence-electron chi connectivity index (χ0n) is 22.3. The second kappa shape index (κ2) is 14.8. The van der Waals surface area contributed by atoms with Crippen molar-refractivity contribution in [1.29, 1.82) is 0 Å². The number of imidazole rings is 1. The van der Waals surface area contributed by atoms with Crippen molar-refractivity contribution in [2.24, 2.45) is 5.92 Å². The lowest BCUT2D eigenvalue weighted by atomic mass is 10.0. The maximum atomic E-state index is 12.1. The highest BCUT2D eigenvalue weighted by atomic mass is 32.1. The van der Waals surface area contributed by atoms with E-state index in [1.54, 1.807) is 19.4 Å². The number of fused-ring (bicyclic) bond motifs is 2. The SMILES string of the molecule is COC(OC(S)OC[C@@H](Cn1ccc2c(N)ccnc21)[C@@H](COP)OC)[C@@H](O)[C@@H](OS)n1ccc(=O)n2ccnc12. The van der Waals surface area contributed by atoms with Crippen LogP contribution in [0.1, 0.15) is 6.23 Å². The van der Waals surface area contributed by atoms with Crippen molar-refractivity contribution in [2.45, 2.75) is 36.9 Å².